The second-order valence-corrected chi connectivity index (χ2v) is 8.00. The molecule has 0 fully saturated rings. The van der Waals surface area contributed by atoms with Gasteiger partial charge in [0.2, 0.25) is 5.95 Å². The summed E-state index contributed by atoms with van der Waals surface area (Å²) in [5.74, 6) is -6.89. The maximum absolute atomic E-state index is 13.9. The van der Waals surface area contributed by atoms with Gasteiger partial charge in [-0.2, -0.15) is 35.7 Å². The molecule has 0 saturated carbocycles. The van der Waals surface area contributed by atoms with Crippen LogP contribution >= 0.6 is 0 Å². The molecule has 2 aromatic heterocycles. The molecule has 1 unspecified atom stereocenters. The van der Waals surface area contributed by atoms with E-state index in [-0.39, 0.29) is 30.2 Å². The fourth-order valence-electron chi connectivity index (χ4n) is 3.04. The monoisotopic (exact) mass is 449 g/mol. The van der Waals surface area contributed by atoms with Crippen LogP contribution in [0, 0.1) is 17.7 Å². The summed E-state index contributed by atoms with van der Waals surface area (Å²) in [6.07, 6.45) is -9.95. The Labute approximate surface area is 158 Å². The van der Waals surface area contributed by atoms with E-state index in [1.807, 2.05) is 0 Å². The summed E-state index contributed by atoms with van der Waals surface area (Å²) in [5, 5.41) is 0. The van der Waals surface area contributed by atoms with Gasteiger partial charge in [-0.25, -0.2) is 12.8 Å². The minimum atomic E-state index is -5.25. The second kappa shape index (κ2) is 6.85. The molecule has 0 bridgehead atoms. The number of anilines is 1. The number of H-pyrrole nitrogens is 1. The van der Waals surface area contributed by atoms with Crippen molar-refractivity contribution in [2.24, 2.45) is 5.92 Å². The molecule has 0 radical (unpaired) electrons. The zero-order chi connectivity index (χ0) is 21.8. The van der Waals surface area contributed by atoms with E-state index in [9.17, 15) is 43.5 Å². The predicted octanol–water partition coefficient (Wildman–Crippen LogP) is 4.17. The van der Waals surface area contributed by atoms with Crippen molar-refractivity contribution in [1.29, 1.82) is 0 Å². The number of aromatic nitrogens is 2. The van der Waals surface area contributed by atoms with Crippen LogP contribution in [0.25, 0.3) is 0 Å². The number of pyridine rings is 1. The van der Waals surface area contributed by atoms with E-state index < -0.39 is 62.8 Å². The quantitative estimate of drug-likeness (QED) is 0.546. The Morgan fingerprint density at radius 1 is 1.14 bits per heavy atom. The molecule has 1 atom stereocenters. The van der Waals surface area contributed by atoms with Gasteiger partial charge in [0.05, 0.1) is 5.92 Å². The van der Waals surface area contributed by atoms with Gasteiger partial charge in [0, 0.05) is 11.9 Å². The van der Waals surface area contributed by atoms with Crippen molar-refractivity contribution < 1.29 is 43.5 Å². The van der Waals surface area contributed by atoms with Gasteiger partial charge in [-0.15, -0.1) is 0 Å². The molecule has 2 aromatic rings. The maximum Gasteiger partial charge on any atom is 0.420 e. The highest BCUT2D eigenvalue weighted by Gasteiger charge is 2.43. The van der Waals surface area contributed by atoms with Crippen LogP contribution in [0.1, 0.15) is 23.2 Å². The van der Waals surface area contributed by atoms with Crippen molar-refractivity contribution in [2.45, 2.75) is 36.5 Å². The average Bonchev–Trinajstić information content (AvgIpc) is 2.99. The standard InChI is InChI=1S/C15H11F8N3O2S/c16-9-4-8(15(21,22)23)12(17)25-13(9)26-29(27,28)11-5-24-10-3-6(14(18,19)20)1-2-7(10)11/h4-6,24H,1-3H2,(H,25,26). The van der Waals surface area contributed by atoms with Gasteiger partial charge in [0.25, 0.3) is 10.0 Å². The predicted molar refractivity (Wildman–Crippen MR) is 82.3 cm³/mol. The van der Waals surface area contributed by atoms with Crippen LogP contribution in [0.4, 0.5) is 40.9 Å². The summed E-state index contributed by atoms with van der Waals surface area (Å²) < 4.78 is 130. The molecule has 3 rings (SSSR count). The number of hydrogen-bond donors (Lipinski definition) is 2. The highest BCUT2D eigenvalue weighted by molar-refractivity contribution is 7.92. The second-order valence-electron chi connectivity index (χ2n) is 6.35. The summed E-state index contributed by atoms with van der Waals surface area (Å²) in [5.41, 5.74) is -1.97. The van der Waals surface area contributed by atoms with E-state index >= 15 is 0 Å². The maximum atomic E-state index is 13.9. The van der Waals surface area contributed by atoms with Crippen LogP contribution in [0.2, 0.25) is 0 Å². The molecule has 0 aromatic carbocycles. The van der Waals surface area contributed by atoms with E-state index in [2.05, 4.69) is 9.97 Å². The van der Waals surface area contributed by atoms with E-state index in [4.69, 9.17) is 0 Å². The first-order valence-electron chi connectivity index (χ1n) is 7.92. The molecule has 2 N–H and O–H groups in total. The highest BCUT2D eigenvalue weighted by atomic mass is 32.2. The zero-order valence-electron chi connectivity index (χ0n) is 14.0. The van der Waals surface area contributed by atoms with Gasteiger partial charge in [-0.05, 0) is 30.9 Å². The molecular formula is C15H11F8N3O2S. The number of alkyl halides is 6. The van der Waals surface area contributed by atoms with Gasteiger partial charge in [0.1, 0.15) is 10.5 Å². The van der Waals surface area contributed by atoms with Gasteiger partial charge in [0.15, 0.2) is 11.6 Å². The molecular weight excluding hydrogens is 438 g/mol. The Morgan fingerprint density at radius 3 is 2.38 bits per heavy atom. The van der Waals surface area contributed by atoms with Crippen LogP contribution < -0.4 is 4.72 Å². The molecule has 1 aliphatic rings. The summed E-state index contributed by atoms with van der Waals surface area (Å²) in [7, 11) is -4.66. The van der Waals surface area contributed by atoms with Crippen molar-refractivity contribution in [3.63, 3.8) is 0 Å². The normalized spacial score (nSPS) is 17.9. The molecule has 2 heterocycles. The van der Waals surface area contributed by atoms with E-state index in [0.29, 0.717) is 0 Å². The number of rotatable bonds is 3. The number of fused-ring (bicyclic) bond motifs is 1. The van der Waals surface area contributed by atoms with E-state index in [1.165, 1.54) is 4.72 Å². The Hall–Kier alpha value is -2.38. The van der Waals surface area contributed by atoms with Gasteiger partial charge in [-0.3, -0.25) is 4.72 Å². The van der Waals surface area contributed by atoms with Crippen molar-refractivity contribution >= 4 is 15.8 Å². The summed E-state index contributed by atoms with van der Waals surface area (Å²) in [4.78, 5) is 4.58. The Kier molecular flexibility index (Phi) is 5.04. The number of halogens is 8. The van der Waals surface area contributed by atoms with E-state index in [1.54, 1.807) is 0 Å². The smallest absolute Gasteiger partial charge is 0.363 e. The van der Waals surface area contributed by atoms with Gasteiger partial charge < -0.3 is 4.98 Å². The SMILES string of the molecule is O=S(=O)(Nc1nc(F)c(C(F)(F)F)cc1F)c1c[nH]c2c1CCC(C(F)(F)F)C2. The minimum Gasteiger partial charge on any atom is -0.363 e. The lowest BCUT2D eigenvalue weighted by Gasteiger charge is -2.25. The number of aromatic amines is 1. The lowest BCUT2D eigenvalue weighted by molar-refractivity contribution is -0.177. The first kappa shape index (κ1) is 21.3. The topological polar surface area (TPSA) is 74.8 Å². The summed E-state index contributed by atoms with van der Waals surface area (Å²) in [6, 6.07) is -0.249. The van der Waals surface area contributed by atoms with Gasteiger partial charge in [-0.1, -0.05) is 0 Å². The summed E-state index contributed by atoms with van der Waals surface area (Å²) in [6.45, 7) is 0. The molecule has 29 heavy (non-hydrogen) atoms. The molecule has 5 nitrogen and oxygen atoms in total. The number of sulfonamides is 1. The number of nitrogens with one attached hydrogen (secondary N) is 2. The lowest BCUT2D eigenvalue weighted by atomic mass is 9.87. The van der Waals surface area contributed by atoms with Crippen LogP contribution in [0.3, 0.4) is 0 Å². The largest absolute Gasteiger partial charge is 0.420 e. The number of hydrogen-bond acceptors (Lipinski definition) is 3. The third-order valence-corrected chi connectivity index (χ3v) is 5.86. The van der Waals surface area contributed by atoms with Crippen LogP contribution in [0.5, 0.6) is 0 Å². The zero-order valence-corrected chi connectivity index (χ0v) is 14.9. The molecule has 1 aliphatic carbocycles. The Bertz CT molecular complexity index is 1040. The lowest BCUT2D eigenvalue weighted by Crippen LogP contribution is -2.29. The van der Waals surface area contributed by atoms with Crippen molar-refractivity contribution in [2.75, 3.05) is 4.72 Å². The minimum absolute atomic E-state index is 0.0194. The fraction of sp³-hybridized carbons (Fsp3) is 0.400. The van der Waals surface area contributed by atoms with Crippen LogP contribution in [0.15, 0.2) is 17.2 Å². The van der Waals surface area contributed by atoms with Gasteiger partial charge >= 0.3 is 12.4 Å². The third-order valence-electron chi connectivity index (χ3n) is 4.45. The molecule has 160 valence electrons. The molecule has 0 saturated heterocycles. The first-order chi connectivity index (χ1) is 13.2. The molecule has 0 aliphatic heterocycles. The Balaban J connectivity index is 1.91. The third kappa shape index (κ3) is 4.16. The molecule has 14 heteroatoms. The van der Waals surface area contributed by atoms with Crippen molar-refractivity contribution in [3.8, 4) is 0 Å². The van der Waals surface area contributed by atoms with Crippen LogP contribution in [-0.2, 0) is 29.0 Å². The molecule has 0 spiro atoms. The Morgan fingerprint density at radius 2 is 1.79 bits per heavy atom. The fourth-order valence-corrected chi connectivity index (χ4v) is 4.31. The average molecular weight is 449 g/mol. The van der Waals surface area contributed by atoms with Crippen molar-refractivity contribution in [3.05, 3.63) is 40.8 Å². The van der Waals surface area contributed by atoms with E-state index in [0.717, 1.165) is 6.20 Å². The first-order valence-corrected chi connectivity index (χ1v) is 9.40. The summed E-state index contributed by atoms with van der Waals surface area (Å²) >= 11 is 0. The number of nitrogens with zero attached hydrogens (tertiary/aromatic N) is 1. The highest BCUT2D eigenvalue weighted by Crippen LogP contribution is 2.39. The van der Waals surface area contributed by atoms with Crippen molar-refractivity contribution in [1.82, 2.24) is 9.97 Å². The molecule has 0 amide bonds. The van der Waals surface area contributed by atoms with Crippen LogP contribution in [-0.4, -0.2) is 24.6 Å².